The molecule has 2 saturated heterocycles. The number of halogens is 5. The number of alkyl halides is 3. The third-order valence-corrected chi connectivity index (χ3v) is 8.16. The molecule has 40 heavy (non-hydrogen) atoms. The Kier molecular flexibility index (Phi) is 9.86. The lowest BCUT2D eigenvalue weighted by Gasteiger charge is -2.48. The molecule has 2 heterocycles. The van der Waals surface area contributed by atoms with Gasteiger partial charge in [-0.25, -0.2) is 4.39 Å². The molecule has 1 N–H and O–H groups in total. The average Bonchev–Trinajstić information content (AvgIpc) is 2.90. The molecule has 2 fully saturated rings. The molecule has 2 aliphatic rings. The van der Waals surface area contributed by atoms with Crippen molar-refractivity contribution in [2.45, 2.75) is 24.6 Å². The lowest BCUT2D eigenvalue weighted by molar-refractivity contribution is -0.138. The van der Waals surface area contributed by atoms with Crippen LogP contribution in [-0.4, -0.2) is 109 Å². The van der Waals surface area contributed by atoms with Gasteiger partial charge in [-0.1, -0.05) is 28.1 Å². The summed E-state index contributed by atoms with van der Waals surface area (Å²) in [4.78, 5) is 32.6. The maximum Gasteiger partial charge on any atom is 0.416 e. The molecule has 12 heteroatoms. The lowest BCUT2D eigenvalue weighted by atomic mass is 9.93. The summed E-state index contributed by atoms with van der Waals surface area (Å²) >= 11 is 3.08. The molecule has 2 aromatic carbocycles. The number of rotatable bonds is 9. The van der Waals surface area contributed by atoms with E-state index in [1.165, 1.54) is 23.1 Å². The molecule has 0 unspecified atom stereocenters. The number of carbonyl (C=O) groups excluding carboxylic acids is 2. The average molecular weight is 629 g/mol. The molecule has 2 aromatic rings. The summed E-state index contributed by atoms with van der Waals surface area (Å²) < 4.78 is 53.7. The van der Waals surface area contributed by atoms with Crippen LogP contribution >= 0.6 is 15.9 Å². The number of aliphatic hydroxyl groups is 1. The molecule has 2 amide bonds. The Balaban J connectivity index is 1.35. The van der Waals surface area contributed by atoms with Crippen molar-refractivity contribution in [1.29, 1.82) is 0 Å². The Morgan fingerprint density at radius 3 is 2.33 bits per heavy atom. The highest BCUT2D eigenvalue weighted by Crippen LogP contribution is 2.32. The Bertz CT molecular complexity index is 1180. The number of likely N-dealkylation sites (tertiary alicyclic amines) is 1. The van der Waals surface area contributed by atoms with Crippen LogP contribution in [0, 0.1) is 5.82 Å². The fourth-order valence-electron chi connectivity index (χ4n) is 5.34. The number of piperazine rings is 1. The summed E-state index contributed by atoms with van der Waals surface area (Å²) in [6, 6.07) is 9.67. The second-order valence-electron chi connectivity index (χ2n) is 10.4. The Morgan fingerprint density at radius 1 is 1.07 bits per heavy atom. The van der Waals surface area contributed by atoms with Gasteiger partial charge in [0.2, 0.25) is 5.91 Å². The zero-order valence-corrected chi connectivity index (χ0v) is 23.8. The van der Waals surface area contributed by atoms with E-state index in [0.717, 1.165) is 50.4 Å². The van der Waals surface area contributed by atoms with Crippen molar-refractivity contribution in [2.24, 2.45) is 0 Å². The van der Waals surface area contributed by atoms with Crippen LogP contribution in [0.1, 0.15) is 33.8 Å². The number of amides is 2. The van der Waals surface area contributed by atoms with E-state index < -0.39 is 24.3 Å². The van der Waals surface area contributed by atoms with Gasteiger partial charge < -0.3 is 19.8 Å². The Labute approximate surface area is 239 Å². The van der Waals surface area contributed by atoms with Gasteiger partial charge in [-0.15, -0.1) is 0 Å². The van der Waals surface area contributed by atoms with Gasteiger partial charge in [-0.3, -0.25) is 14.5 Å². The maximum absolute atomic E-state index is 13.6. The van der Waals surface area contributed by atoms with Crippen molar-refractivity contribution < 1.29 is 32.3 Å². The van der Waals surface area contributed by atoms with Crippen LogP contribution in [0.4, 0.5) is 17.6 Å². The number of hydrogen-bond acceptors (Lipinski definition) is 5. The van der Waals surface area contributed by atoms with Gasteiger partial charge >= 0.3 is 6.18 Å². The fourth-order valence-corrected chi connectivity index (χ4v) is 5.83. The molecule has 7 nitrogen and oxygen atoms in total. The van der Waals surface area contributed by atoms with Crippen molar-refractivity contribution in [3.63, 3.8) is 0 Å². The smallest absolute Gasteiger partial charge is 0.387 e. The first-order valence-corrected chi connectivity index (χ1v) is 14.0. The van der Waals surface area contributed by atoms with E-state index in [0.29, 0.717) is 25.6 Å². The minimum absolute atomic E-state index is 0.0616. The molecule has 218 valence electrons. The first-order valence-electron chi connectivity index (χ1n) is 13.2. The number of benzene rings is 2. The standard InChI is InChI=1S/C28H33BrF4N4O3/c1-34(27(40)21-12-22(28(31,32)33)14-23(29)13-21)15-20(19-2-4-24(30)5-3-19)6-7-35-16-25(17-35)36-8-10-37(11-9-36)26(39)18-38/h2-5,12-14,20,25,38H,6-11,15-18H2,1H3/t20-/m1/s1. The minimum Gasteiger partial charge on any atom is -0.387 e. The molecule has 0 radical (unpaired) electrons. The second-order valence-corrected chi connectivity index (χ2v) is 11.4. The number of nitrogens with zero attached hydrogens (tertiary/aromatic N) is 4. The molecule has 4 rings (SSSR count). The lowest BCUT2D eigenvalue weighted by Crippen LogP contribution is -2.63. The van der Waals surface area contributed by atoms with Gasteiger partial charge in [-0.05, 0) is 48.9 Å². The largest absolute Gasteiger partial charge is 0.416 e. The normalized spacial score (nSPS) is 17.9. The first kappa shape index (κ1) is 30.4. The van der Waals surface area contributed by atoms with Gasteiger partial charge in [0.25, 0.3) is 5.91 Å². The van der Waals surface area contributed by atoms with Crippen molar-refractivity contribution in [3.8, 4) is 0 Å². The molecule has 0 bridgehead atoms. The highest BCUT2D eigenvalue weighted by atomic mass is 79.9. The van der Waals surface area contributed by atoms with Gasteiger partial charge in [0.15, 0.2) is 0 Å². The van der Waals surface area contributed by atoms with E-state index in [1.54, 1.807) is 24.1 Å². The summed E-state index contributed by atoms with van der Waals surface area (Å²) in [5.41, 5.74) is -0.107. The highest BCUT2D eigenvalue weighted by Gasteiger charge is 2.35. The summed E-state index contributed by atoms with van der Waals surface area (Å²) in [5, 5.41) is 9.05. The molecule has 1 atom stereocenters. The van der Waals surface area contributed by atoms with Crippen LogP contribution in [0.5, 0.6) is 0 Å². The minimum atomic E-state index is -4.58. The van der Waals surface area contributed by atoms with E-state index in [-0.39, 0.29) is 34.2 Å². The summed E-state index contributed by atoms with van der Waals surface area (Å²) in [6.07, 6.45) is -3.89. The van der Waals surface area contributed by atoms with Crippen molar-refractivity contribution in [2.75, 3.05) is 66.0 Å². The maximum atomic E-state index is 13.6. The van der Waals surface area contributed by atoms with E-state index >= 15 is 0 Å². The van der Waals surface area contributed by atoms with Crippen LogP contribution in [0.2, 0.25) is 0 Å². The second kappa shape index (κ2) is 13.0. The molecule has 0 aromatic heterocycles. The molecule has 2 aliphatic heterocycles. The SMILES string of the molecule is CN(C[C@@H](CCN1CC(N2CCN(C(=O)CO)CC2)C1)c1ccc(F)cc1)C(=O)c1cc(Br)cc(C(F)(F)F)c1. The Morgan fingerprint density at radius 2 is 1.73 bits per heavy atom. The van der Waals surface area contributed by atoms with E-state index in [9.17, 15) is 27.2 Å². The molecule has 0 spiro atoms. The predicted octanol–water partition coefficient (Wildman–Crippen LogP) is 3.67. The molecular weight excluding hydrogens is 596 g/mol. The number of aliphatic hydroxyl groups excluding tert-OH is 1. The third-order valence-electron chi connectivity index (χ3n) is 7.70. The number of carbonyl (C=O) groups is 2. The topological polar surface area (TPSA) is 67.3 Å². The van der Waals surface area contributed by atoms with Gasteiger partial charge in [0.1, 0.15) is 12.4 Å². The monoisotopic (exact) mass is 628 g/mol. The molecular formula is C28H33BrF4N4O3. The zero-order chi connectivity index (χ0) is 29.0. The third kappa shape index (κ3) is 7.59. The quantitative estimate of drug-likeness (QED) is 0.429. The highest BCUT2D eigenvalue weighted by molar-refractivity contribution is 9.10. The van der Waals surface area contributed by atoms with Gasteiger partial charge in [-0.2, -0.15) is 13.2 Å². The zero-order valence-electron chi connectivity index (χ0n) is 22.2. The number of hydrogen-bond donors (Lipinski definition) is 1. The van der Waals surface area contributed by atoms with Crippen LogP contribution < -0.4 is 0 Å². The first-order chi connectivity index (χ1) is 18.9. The number of likely N-dealkylation sites (N-methyl/N-ethyl adjacent to an activating group) is 1. The van der Waals surface area contributed by atoms with Gasteiger partial charge in [0, 0.05) is 74.9 Å². The molecule has 0 aliphatic carbocycles. The van der Waals surface area contributed by atoms with Crippen LogP contribution in [0.25, 0.3) is 0 Å². The summed E-state index contributed by atoms with van der Waals surface area (Å²) in [6.45, 7) is 5.02. The van der Waals surface area contributed by atoms with Crippen LogP contribution in [0.15, 0.2) is 46.9 Å². The van der Waals surface area contributed by atoms with E-state index in [4.69, 9.17) is 5.11 Å². The van der Waals surface area contributed by atoms with Crippen molar-refractivity contribution >= 4 is 27.7 Å². The van der Waals surface area contributed by atoms with Crippen molar-refractivity contribution in [1.82, 2.24) is 19.6 Å². The Hall–Kier alpha value is -2.54. The van der Waals surface area contributed by atoms with Crippen molar-refractivity contribution in [3.05, 3.63) is 69.4 Å². The van der Waals surface area contributed by atoms with E-state index in [2.05, 4.69) is 25.7 Å². The van der Waals surface area contributed by atoms with E-state index in [1.807, 2.05) is 0 Å². The molecule has 0 saturated carbocycles. The summed E-state index contributed by atoms with van der Waals surface area (Å²) in [7, 11) is 1.56. The van der Waals surface area contributed by atoms with Crippen LogP contribution in [0.3, 0.4) is 0 Å². The van der Waals surface area contributed by atoms with Gasteiger partial charge in [0.05, 0.1) is 5.56 Å². The fraction of sp³-hybridized carbons (Fsp3) is 0.500. The predicted molar refractivity (Wildman–Crippen MR) is 145 cm³/mol. The summed E-state index contributed by atoms with van der Waals surface area (Å²) in [5.74, 6) is -1.28. The van der Waals surface area contributed by atoms with Crippen LogP contribution in [-0.2, 0) is 11.0 Å².